The van der Waals surface area contributed by atoms with Crippen LogP contribution in [0.15, 0.2) is 22.7 Å². The summed E-state index contributed by atoms with van der Waals surface area (Å²) >= 11 is 3.29. The molecule has 0 aliphatic heterocycles. The summed E-state index contributed by atoms with van der Waals surface area (Å²) in [4.78, 5) is 0. The molecule has 1 aromatic carbocycles. The van der Waals surface area contributed by atoms with E-state index < -0.39 is 0 Å². The SMILES string of the molecule is CNC(Cc1ccc(F)c(Br)c1)C1C2C3CCC(C3)C21. The summed E-state index contributed by atoms with van der Waals surface area (Å²) in [7, 11) is 2.08. The number of likely N-dealkylation sites (N-methyl/N-ethyl adjacent to an activating group) is 1. The second-order valence-electron chi connectivity index (χ2n) is 6.91. The van der Waals surface area contributed by atoms with Gasteiger partial charge < -0.3 is 5.32 Å². The van der Waals surface area contributed by atoms with Crippen molar-refractivity contribution in [2.24, 2.45) is 29.6 Å². The van der Waals surface area contributed by atoms with E-state index in [1.807, 2.05) is 12.1 Å². The van der Waals surface area contributed by atoms with E-state index in [0.717, 1.165) is 36.0 Å². The normalized spacial score (nSPS) is 38.9. The van der Waals surface area contributed by atoms with Gasteiger partial charge in [0.05, 0.1) is 4.47 Å². The number of halogens is 2. The van der Waals surface area contributed by atoms with E-state index in [9.17, 15) is 4.39 Å². The zero-order valence-corrected chi connectivity index (χ0v) is 13.4. The second kappa shape index (κ2) is 4.81. The average Bonchev–Trinajstić information content (AvgIpc) is 2.87. The van der Waals surface area contributed by atoms with Crippen LogP contribution in [0.25, 0.3) is 0 Å². The molecule has 1 nitrogen and oxygen atoms in total. The lowest BCUT2D eigenvalue weighted by atomic mass is 9.93. The molecule has 20 heavy (non-hydrogen) atoms. The largest absolute Gasteiger partial charge is 0.316 e. The lowest BCUT2D eigenvalue weighted by Crippen LogP contribution is -2.32. The highest BCUT2D eigenvalue weighted by molar-refractivity contribution is 9.10. The molecule has 4 rings (SSSR count). The molecule has 0 radical (unpaired) electrons. The van der Waals surface area contributed by atoms with Gasteiger partial charge in [0.1, 0.15) is 5.82 Å². The van der Waals surface area contributed by atoms with Crippen molar-refractivity contribution in [2.75, 3.05) is 7.05 Å². The molecule has 5 atom stereocenters. The second-order valence-corrected chi connectivity index (χ2v) is 7.77. The number of benzene rings is 1. The topological polar surface area (TPSA) is 12.0 Å². The zero-order valence-electron chi connectivity index (χ0n) is 11.8. The van der Waals surface area contributed by atoms with Crippen molar-refractivity contribution in [2.45, 2.75) is 31.7 Å². The van der Waals surface area contributed by atoms with E-state index in [1.54, 1.807) is 6.07 Å². The maximum atomic E-state index is 13.3. The Bertz CT molecular complexity index is 516. The predicted octanol–water partition coefficient (Wildman–Crippen LogP) is 4.01. The molecular weight excluding hydrogens is 317 g/mol. The van der Waals surface area contributed by atoms with Gasteiger partial charge in [0.15, 0.2) is 0 Å². The lowest BCUT2D eigenvalue weighted by molar-refractivity contribution is 0.376. The molecule has 3 aliphatic carbocycles. The summed E-state index contributed by atoms with van der Waals surface area (Å²) in [5.74, 6) is 4.73. The third kappa shape index (κ3) is 1.97. The van der Waals surface area contributed by atoms with Crippen molar-refractivity contribution in [3.63, 3.8) is 0 Å². The van der Waals surface area contributed by atoms with Crippen molar-refractivity contribution < 1.29 is 4.39 Å². The van der Waals surface area contributed by atoms with E-state index in [2.05, 4.69) is 28.3 Å². The Balaban J connectivity index is 1.48. The molecule has 0 aromatic heterocycles. The minimum Gasteiger partial charge on any atom is -0.316 e. The smallest absolute Gasteiger partial charge is 0.137 e. The third-order valence-corrected chi connectivity index (χ3v) is 6.68. The van der Waals surface area contributed by atoms with Crippen molar-refractivity contribution >= 4 is 15.9 Å². The summed E-state index contributed by atoms with van der Waals surface area (Å²) in [5.41, 5.74) is 1.23. The third-order valence-electron chi connectivity index (χ3n) is 6.07. The summed E-state index contributed by atoms with van der Waals surface area (Å²) < 4.78 is 13.9. The standard InChI is InChI=1S/C17H21BrFN/c1-20-14(7-9-2-5-13(19)12(18)6-9)17-15-10-3-4-11(8-10)16(15)17/h2,5-6,10-11,14-17,20H,3-4,7-8H2,1H3. The van der Waals surface area contributed by atoms with Crippen molar-refractivity contribution in [1.82, 2.24) is 5.32 Å². The van der Waals surface area contributed by atoms with Gasteiger partial charge in [-0.25, -0.2) is 4.39 Å². The van der Waals surface area contributed by atoms with Gasteiger partial charge >= 0.3 is 0 Å². The molecule has 3 heteroatoms. The van der Waals surface area contributed by atoms with Gasteiger partial charge in [-0.3, -0.25) is 0 Å². The molecule has 3 aliphatic rings. The maximum absolute atomic E-state index is 13.3. The first-order chi connectivity index (χ1) is 9.69. The summed E-state index contributed by atoms with van der Waals surface area (Å²) in [6.45, 7) is 0. The van der Waals surface area contributed by atoms with Crippen molar-refractivity contribution in [3.8, 4) is 0 Å². The van der Waals surface area contributed by atoms with Crippen LogP contribution < -0.4 is 5.32 Å². The number of rotatable bonds is 4. The number of hydrogen-bond acceptors (Lipinski definition) is 1. The van der Waals surface area contributed by atoms with Gasteiger partial charge in [0.2, 0.25) is 0 Å². The first-order valence-electron chi connectivity index (χ1n) is 7.80. The van der Waals surface area contributed by atoms with E-state index in [-0.39, 0.29) is 5.82 Å². The molecule has 1 aromatic rings. The van der Waals surface area contributed by atoms with Crippen LogP contribution in [0.2, 0.25) is 0 Å². The van der Waals surface area contributed by atoms with Gasteiger partial charge in [-0.1, -0.05) is 6.07 Å². The zero-order chi connectivity index (χ0) is 13.9. The molecule has 0 spiro atoms. The summed E-state index contributed by atoms with van der Waals surface area (Å²) in [6.07, 6.45) is 5.47. The van der Waals surface area contributed by atoms with E-state index in [4.69, 9.17) is 0 Å². The van der Waals surface area contributed by atoms with Crippen LogP contribution in [0.1, 0.15) is 24.8 Å². The Kier molecular flexibility index (Phi) is 3.19. The van der Waals surface area contributed by atoms with Crippen LogP contribution in [0.4, 0.5) is 4.39 Å². The van der Waals surface area contributed by atoms with Crippen LogP contribution in [-0.4, -0.2) is 13.1 Å². The van der Waals surface area contributed by atoms with Crippen LogP contribution in [0.3, 0.4) is 0 Å². The number of nitrogens with one attached hydrogen (secondary N) is 1. The molecule has 108 valence electrons. The molecule has 0 saturated heterocycles. The minimum atomic E-state index is -0.170. The fourth-order valence-corrected chi connectivity index (χ4v) is 5.71. The summed E-state index contributed by atoms with van der Waals surface area (Å²) in [6, 6.07) is 6.00. The highest BCUT2D eigenvalue weighted by Crippen LogP contribution is 2.70. The van der Waals surface area contributed by atoms with Crippen LogP contribution in [-0.2, 0) is 6.42 Å². The molecule has 1 N–H and O–H groups in total. The van der Waals surface area contributed by atoms with Crippen molar-refractivity contribution in [3.05, 3.63) is 34.1 Å². The van der Waals surface area contributed by atoms with Gasteiger partial charge in [-0.15, -0.1) is 0 Å². The quantitative estimate of drug-likeness (QED) is 0.875. The van der Waals surface area contributed by atoms with E-state index >= 15 is 0 Å². The molecule has 2 bridgehead atoms. The molecule has 3 saturated carbocycles. The average molecular weight is 338 g/mol. The molecular formula is C17H21BrFN. The van der Waals surface area contributed by atoms with Gasteiger partial charge in [0, 0.05) is 6.04 Å². The van der Waals surface area contributed by atoms with E-state index in [0.29, 0.717) is 10.5 Å². The Hall–Kier alpha value is -0.410. The summed E-state index contributed by atoms with van der Waals surface area (Å²) in [5, 5.41) is 3.53. The molecule has 3 fully saturated rings. The van der Waals surface area contributed by atoms with Crippen molar-refractivity contribution in [1.29, 1.82) is 0 Å². The first-order valence-corrected chi connectivity index (χ1v) is 8.59. The van der Waals surface area contributed by atoms with Crippen LogP contribution >= 0.6 is 15.9 Å². The Morgan fingerprint density at radius 2 is 2.00 bits per heavy atom. The van der Waals surface area contributed by atoms with Crippen LogP contribution in [0, 0.1) is 35.4 Å². The number of fused-ring (bicyclic) bond motifs is 5. The fraction of sp³-hybridized carbons (Fsp3) is 0.647. The first kappa shape index (κ1) is 13.3. The maximum Gasteiger partial charge on any atom is 0.137 e. The highest BCUT2D eigenvalue weighted by atomic mass is 79.9. The Morgan fingerprint density at radius 3 is 2.60 bits per heavy atom. The minimum absolute atomic E-state index is 0.170. The van der Waals surface area contributed by atoms with Gasteiger partial charge in [-0.2, -0.15) is 0 Å². The fourth-order valence-electron chi connectivity index (χ4n) is 5.28. The molecule has 0 amide bonds. The highest BCUT2D eigenvalue weighted by Gasteiger charge is 2.66. The molecule has 0 heterocycles. The number of hydrogen-bond donors (Lipinski definition) is 1. The Morgan fingerprint density at radius 1 is 1.30 bits per heavy atom. The van der Waals surface area contributed by atoms with Gasteiger partial charge in [-0.05, 0) is 95.9 Å². The molecule has 5 unspecified atom stereocenters. The van der Waals surface area contributed by atoms with E-state index in [1.165, 1.54) is 24.8 Å². The monoisotopic (exact) mass is 337 g/mol. The van der Waals surface area contributed by atoms with Gasteiger partial charge in [0.25, 0.3) is 0 Å². The lowest BCUT2D eigenvalue weighted by Gasteiger charge is -2.20. The predicted molar refractivity (Wildman–Crippen MR) is 82.0 cm³/mol. The Labute approximate surface area is 128 Å². The van der Waals surface area contributed by atoms with Crippen LogP contribution in [0.5, 0.6) is 0 Å².